The number of alkyl halides is 3. The van der Waals surface area contributed by atoms with Gasteiger partial charge in [-0.3, -0.25) is 4.79 Å². The summed E-state index contributed by atoms with van der Waals surface area (Å²) in [5.41, 5.74) is 4.11. The number of nitrogens with zero attached hydrogens (tertiary/aromatic N) is 2. The Labute approximate surface area is 203 Å². The van der Waals surface area contributed by atoms with Crippen molar-refractivity contribution in [3.63, 3.8) is 0 Å². The van der Waals surface area contributed by atoms with Crippen molar-refractivity contribution in [3.8, 4) is 11.1 Å². The van der Waals surface area contributed by atoms with E-state index in [1.807, 2.05) is 19.1 Å². The van der Waals surface area contributed by atoms with Crippen LogP contribution in [0.15, 0.2) is 54.7 Å². The van der Waals surface area contributed by atoms with Crippen LogP contribution in [0.1, 0.15) is 61.8 Å². The molecule has 0 saturated heterocycles. The molecule has 2 N–H and O–H groups in total. The number of hydrogen-bond acceptors (Lipinski definition) is 4. The fourth-order valence-electron chi connectivity index (χ4n) is 4.61. The molecule has 1 aliphatic rings. The van der Waals surface area contributed by atoms with E-state index < -0.39 is 11.9 Å². The van der Waals surface area contributed by atoms with Crippen molar-refractivity contribution in [2.24, 2.45) is 5.92 Å². The monoisotopic (exact) mass is 485 g/mol. The molecule has 3 aromatic rings. The molecule has 35 heavy (non-hydrogen) atoms. The van der Waals surface area contributed by atoms with E-state index in [0.717, 1.165) is 34.9 Å². The lowest BCUT2D eigenvalue weighted by Crippen LogP contribution is -2.13. The van der Waals surface area contributed by atoms with Crippen molar-refractivity contribution in [2.45, 2.75) is 58.0 Å². The molecule has 1 unspecified atom stereocenters. The first-order valence-electron chi connectivity index (χ1n) is 11.7. The van der Waals surface area contributed by atoms with Gasteiger partial charge in [0.15, 0.2) is 0 Å². The Bertz CT molecular complexity index is 1110. The largest absolute Gasteiger partial charge is 0.483 e. The molecule has 0 spiro atoms. The van der Waals surface area contributed by atoms with Gasteiger partial charge in [-0.05, 0) is 72.1 Å². The smallest absolute Gasteiger partial charge is 0.433 e. The van der Waals surface area contributed by atoms with Crippen LogP contribution in [0.4, 0.5) is 24.8 Å². The SMILES string of the molecule is Cc1cc(Nc2nccc(C(F)(F)F)n2)cc(-c2ccc(C(C)C3CCCCC3)cc2)c1.O=CO. The average Bonchev–Trinajstić information content (AvgIpc) is 2.84. The molecular formula is C27H30F3N3O2. The molecule has 0 amide bonds. The van der Waals surface area contributed by atoms with Crippen LogP contribution < -0.4 is 5.32 Å². The molecule has 2 aromatic carbocycles. The number of carbonyl (C=O) groups is 1. The van der Waals surface area contributed by atoms with Gasteiger partial charge in [-0.2, -0.15) is 13.2 Å². The van der Waals surface area contributed by atoms with Gasteiger partial charge in [-0.25, -0.2) is 9.97 Å². The topological polar surface area (TPSA) is 75.1 Å². The van der Waals surface area contributed by atoms with Crippen LogP contribution in [0.3, 0.4) is 0 Å². The van der Waals surface area contributed by atoms with Crippen molar-refractivity contribution in [2.75, 3.05) is 5.32 Å². The third-order valence-corrected chi connectivity index (χ3v) is 6.41. The van der Waals surface area contributed by atoms with Crippen LogP contribution >= 0.6 is 0 Å². The van der Waals surface area contributed by atoms with Crippen molar-refractivity contribution in [3.05, 3.63) is 71.5 Å². The first kappa shape index (κ1) is 26.2. The minimum atomic E-state index is -4.51. The Morgan fingerprint density at radius 1 is 1.03 bits per heavy atom. The number of halogens is 3. The van der Waals surface area contributed by atoms with Gasteiger partial charge in [0.05, 0.1) is 0 Å². The number of rotatable bonds is 5. The van der Waals surface area contributed by atoms with Crippen LogP contribution in [0.25, 0.3) is 11.1 Å². The minimum absolute atomic E-state index is 0.0759. The molecule has 0 bridgehead atoms. The second-order valence-electron chi connectivity index (χ2n) is 8.89. The van der Waals surface area contributed by atoms with E-state index in [2.05, 4.69) is 52.5 Å². The van der Waals surface area contributed by atoms with E-state index in [4.69, 9.17) is 9.90 Å². The standard InChI is InChI=1S/C26H28F3N3.CH2O2/c1-17-14-22(16-23(15-17)31-25-30-13-12-24(32-25)26(27,28)29)21-10-8-20(9-11-21)18(2)19-6-4-3-5-7-19;2-1-3/h8-16,18-19H,3-7H2,1-2H3,(H,30,31,32);1H,(H,2,3). The van der Waals surface area contributed by atoms with Crippen molar-refractivity contribution in [1.29, 1.82) is 0 Å². The highest BCUT2D eigenvalue weighted by Crippen LogP contribution is 2.36. The Hall–Kier alpha value is -3.42. The Morgan fingerprint density at radius 2 is 1.69 bits per heavy atom. The molecule has 1 aliphatic carbocycles. The predicted octanol–water partition coefficient (Wildman–Crippen LogP) is 7.60. The molecule has 8 heteroatoms. The van der Waals surface area contributed by atoms with Crippen molar-refractivity contribution in [1.82, 2.24) is 9.97 Å². The fourth-order valence-corrected chi connectivity index (χ4v) is 4.61. The minimum Gasteiger partial charge on any atom is -0.483 e. The Morgan fingerprint density at radius 3 is 2.31 bits per heavy atom. The highest BCUT2D eigenvalue weighted by molar-refractivity contribution is 5.71. The van der Waals surface area contributed by atoms with E-state index in [1.165, 1.54) is 37.7 Å². The van der Waals surface area contributed by atoms with Gasteiger partial charge < -0.3 is 10.4 Å². The quantitative estimate of drug-likeness (QED) is 0.364. The van der Waals surface area contributed by atoms with Gasteiger partial charge in [-0.15, -0.1) is 0 Å². The van der Waals surface area contributed by atoms with Crippen molar-refractivity contribution < 1.29 is 23.1 Å². The predicted molar refractivity (Wildman–Crippen MR) is 131 cm³/mol. The fraction of sp³-hybridized carbons (Fsp3) is 0.370. The molecule has 1 atom stereocenters. The van der Waals surface area contributed by atoms with Gasteiger partial charge >= 0.3 is 6.18 Å². The molecule has 4 rings (SSSR count). The molecule has 1 fully saturated rings. The van der Waals surface area contributed by atoms with E-state index in [1.54, 1.807) is 0 Å². The van der Waals surface area contributed by atoms with Crippen LogP contribution in [-0.4, -0.2) is 21.5 Å². The van der Waals surface area contributed by atoms with E-state index in [0.29, 0.717) is 11.6 Å². The van der Waals surface area contributed by atoms with E-state index in [-0.39, 0.29) is 12.4 Å². The Kier molecular flexibility index (Phi) is 8.84. The summed E-state index contributed by atoms with van der Waals surface area (Å²) in [5, 5.41) is 9.81. The van der Waals surface area contributed by atoms with Crippen LogP contribution in [0.5, 0.6) is 0 Å². The van der Waals surface area contributed by atoms with Gasteiger partial charge in [0.2, 0.25) is 5.95 Å². The second kappa shape index (κ2) is 11.8. The molecule has 1 saturated carbocycles. The molecule has 186 valence electrons. The molecule has 1 heterocycles. The van der Waals surface area contributed by atoms with Crippen molar-refractivity contribution >= 4 is 18.1 Å². The van der Waals surface area contributed by atoms with Gasteiger partial charge in [0.25, 0.3) is 6.47 Å². The van der Waals surface area contributed by atoms with Crippen LogP contribution in [0.2, 0.25) is 0 Å². The number of anilines is 2. The number of benzene rings is 2. The number of hydrogen-bond donors (Lipinski definition) is 2. The maximum absolute atomic E-state index is 12.9. The summed E-state index contributed by atoms with van der Waals surface area (Å²) in [6.07, 6.45) is 3.26. The van der Waals surface area contributed by atoms with Gasteiger partial charge in [0.1, 0.15) is 5.69 Å². The summed E-state index contributed by atoms with van der Waals surface area (Å²) in [4.78, 5) is 15.9. The molecular weight excluding hydrogens is 455 g/mol. The molecule has 0 radical (unpaired) electrons. The Balaban J connectivity index is 0.00000108. The van der Waals surface area contributed by atoms with E-state index >= 15 is 0 Å². The van der Waals surface area contributed by atoms with Gasteiger partial charge in [-0.1, -0.05) is 56.5 Å². The third-order valence-electron chi connectivity index (χ3n) is 6.41. The number of aromatic nitrogens is 2. The number of nitrogens with one attached hydrogen (secondary N) is 1. The zero-order chi connectivity index (χ0) is 25.4. The summed E-state index contributed by atoms with van der Waals surface area (Å²) in [7, 11) is 0. The summed E-state index contributed by atoms with van der Waals surface area (Å²) >= 11 is 0. The van der Waals surface area contributed by atoms with Crippen LogP contribution in [-0.2, 0) is 11.0 Å². The molecule has 0 aliphatic heterocycles. The zero-order valence-corrected chi connectivity index (χ0v) is 19.8. The summed E-state index contributed by atoms with van der Waals surface area (Å²) in [5.74, 6) is 1.24. The average molecular weight is 486 g/mol. The first-order chi connectivity index (χ1) is 16.7. The lowest BCUT2D eigenvalue weighted by Gasteiger charge is -2.28. The highest BCUT2D eigenvalue weighted by atomic mass is 19.4. The normalized spacial score (nSPS) is 15.0. The maximum atomic E-state index is 12.9. The number of aryl methyl sites for hydroxylation is 1. The molecule has 1 aromatic heterocycles. The van der Waals surface area contributed by atoms with Gasteiger partial charge in [0, 0.05) is 11.9 Å². The first-order valence-corrected chi connectivity index (χ1v) is 11.7. The second-order valence-corrected chi connectivity index (χ2v) is 8.89. The summed E-state index contributed by atoms with van der Waals surface area (Å²) in [6.45, 7) is 4.04. The third kappa shape index (κ3) is 7.28. The summed E-state index contributed by atoms with van der Waals surface area (Å²) < 4.78 is 38.8. The lowest BCUT2D eigenvalue weighted by molar-refractivity contribution is -0.141. The summed E-state index contributed by atoms with van der Waals surface area (Å²) in [6, 6.07) is 15.4. The lowest BCUT2D eigenvalue weighted by atomic mass is 9.77. The van der Waals surface area contributed by atoms with E-state index in [9.17, 15) is 13.2 Å². The number of carboxylic acid groups (broad SMARTS) is 1. The zero-order valence-electron chi connectivity index (χ0n) is 19.8. The molecule has 5 nitrogen and oxygen atoms in total. The highest BCUT2D eigenvalue weighted by Gasteiger charge is 2.32. The maximum Gasteiger partial charge on any atom is 0.433 e. The van der Waals surface area contributed by atoms with Crippen LogP contribution in [0, 0.1) is 12.8 Å².